The summed E-state index contributed by atoms with van der Waals surface area (Å²) in [6.07, 6.45) is 1.02. The maximum Gasteiger partial charge on any atom is 0.0538 e. The van der Waals surface area contributed by atoms with Gasteiger partial charge in [0, 0.05) is 28.5 Å². The van der Waals surface area contributed by atoms with E-state index >= 15 is 0 Å². The Kier molecular flexibility index (Phi) is 1.41. The van der Waals surface area contributed by atoms with Gasteiger partial charge in [-0.05, 0) is 5.56 Å². The van der Waals surface area contributed by atoms with Crippen molar-refractivity contribution < 1.29 is 0 Å². The van der Waals surface area contributed by atoms with E-state index in [9.17, 15) is 0 Å². The van der Waals surface area contributed by atoms with Gasteiger partial charge < -0.3 is 4.98 Å². The lowest BCUT2D eigenvalue weighted by molar-refractivity contribution is 1.09. The number of aromatic nitrogens is 1. The number of rotatable bonds is 0. The zero-order chi connectivity index (χ0) is 10.5. The summed E-state index contributed by atoms with van der Waals surface area (Å²) in [6, 6.07) is 17.3. The van der Waals surface area contributed by atoms with Gasteiger partial charge in [-0.15, -0.1) is 0 Å². The third-order valence-electron chi connectivity index (χ3n) is 3.45. The van der Waals surface area contributed by atoms with Crippen molar-refractivity contribution in [3.8, 4) is 11.3 Å². The molecule has 16 heavy (non-hydrogen) atoms. The van der Waals surface area contributed by atoms with Crippen molar-refractivity contribution in [1.82, 2.24) is 4.98 Å². The van der Waals surface area contributed by atoms with E-state index in [0.29, 0.717) is 0 Å². The molecule has 0 atom stereocenters. The fourth-order valence-corrected chi connectivity index (χ4v) is 2.71. The standard InChI is InChI=1S/C15H11N/c1-2-6-11-10(5-1)9-14-12-7-3-4-8-13(12)15(11)16-14/h1-8,16H,9H2. The maximum absolute atomic E-state index is 3.55. The average molecular weight is 205 g/mol. The maximum atomic E-state index is 3.55. The van der Waals surface area contributed by atoms with Crippen molar-refractivity contribution in [2.24, 2.45) is 0 Å². The molecule has 1 aromatic heterocycles. The SMILES string of the molecule is c1ccc2c(c1)Cc1[nH]c-2c2ccccc12. The van der Waals surface area contributed by atoms with Crippen LogP contribution in [0.5, 0.6) is 0 Å². The smallest absolute Gasteiger partial charge is 0.0538 e. The molecule has 0 amide bonds. The first-order valence-corrected chi connectivity index (χ1v) is 5.61. The minimum Gasteiger partial charge on any atom is -0.357 e. The number of fused-ring (bicyclic) bond motifs is 7. The topological polar surface area (TPSA) is 15.8 Å². The first-order chi connectivity index (χ1) is 7.93. The van der Waals surface area contributed by atoms with Gasteiger partial charge in [0.2, 0.25) is 0 Å². The van der Waals surface area contributed by atoms with Gasteiger partial charge in [0.15, 0.2) is 0 Å². The summed E-state index contributed by atoms with van der Waals surface area (Å²) in [6.45, 7) is 0. The van der Waals surface area contributed by atoms with Crippen LogP contribution in [0, 0.1) is 0 Å². The van der Waals surface area contributed by atoms with Crippen LogP contribution in [0.1, 0.15) is 11.3 Å². The molecule has 0 radical (unpaired) electrons. The molecular weight excluding hydrogens is 194 g/mol. The largest absolute Gasteiger partial charge is 0.357 e. The third kappa shape index (κ3) is 0.904. The normalized spacial score (nSPS) is 12.8. The van der Waals surface area contributed by atoms with Crippen LogP contribution in [0.4, 0.5) is 0 Å². The summed E-state index contributed by atoms with van der Waals surface area (Å²) in [7, 11) is 0. The van der Waals surface area contributed by atoms with Crippen LogP contribution in [0.15, 0.2) is 48.5 Å². The summed E-state index contributed by atoms with van der Waals surface area (Å²) in [4.78, 5) is 3.55. The second-order valence-electron chi connectivity index (χ2n) is 4.36. The Morgan fingerprint density at radius 1 is 0.812 bits per heavy atom. The first-order valence-electron chi connectivity index (χ1n) is 5.61. The fourth-order valence-electron chi connectivity index (χ4n) is 2.71. The Morgan fingerprint density at radius 2 is 1.56 bits per heavy atom. The molecule has 0 fully saturated rings. The second kappa shape index (κ2) is 2.76. The molecule has 1 aliphatic heterocycles. The van der Waals surface area contributed by atoms with E-state index in [1.807, 2.05) is 0 Å². The molecule has 2 bridgehead atoms. The molecule has 4 rings (SSSR count). The summed E-state index contributed by atoms with van der Waals surface area (Å²) in [5.74, 6) is 0. The predicted molar refractivity (Wildman–Crippen MR) is 66.5 cm³/mol. The lowest BCUT2D eigenvalue weighted by Gasteiger charge is -2.11. The van der Waals surface area contributed by atoms with Crippen molar-refractivity contribution >= 4 is 10.8 Å². The molecule has 0 saturated carbocycles. The quantitative estimate of drug-likeness (QED) is 0.450. The van der Waals surface area contributed by atoms with Gasteiger partial charge in [0.1, 0.15) is 0 Å². The van der Waals surface area contributed by atoms with Crippen LogP contribution in [0.25, 0.3) is 22.0 Å². The van der Waals surface area contributed by atoms with Crippen molar-refractivity contribution in [3.63, 3.8) is 0 Å². The highest BCUT2D eigenvalue weighted by molar-refractivity contribution is 6.00. The minimum atomic E-state index is 1.02. The zero-order valence-corrected chi connectivity index (χ0v) is 8.83. The minimum absolute atomic E-state index is 1.02. The number of benzene rings is 2. The van der Waals surface area contributed by atoms with E-state index in [4.69, 9.17) is 0 Å². The van der Waals surface area contributed by atoms with Crippen molar-refractivity contribution in [2.45, 2.75) is 6.42 Å². The molecule has 0 spiro atoms. The third-order valence-corrected chi connectivity index (χ3v) is 3.45. The van der Waals surface area contributed by atoms with Gasteiger partial charge in [-0.25, -0.2) is 0 Å². The summed E-state index contributed by atoms with van der Waals surface area (Å²) in [5.41, 5.74) is 5.43. The number of H-pyrrole nitrogens is 1. The monoisotopic (exact) mass is 205 g/mol. The average Bonchev–Trinajstić information content (AvgIpc) is 2.65. The Bertz CT molecular complexity index is 691. The van der Waals surface area contributed by atoms with E-state index in [1.54, 1.807) is 0 Å². The Balaban J connectivity index is 2.19. The summed E-state index contributed by atoms with van der Waals surface area (Å²) in [5, 5.41) is 2.72. The predicted octanol–water partition coefficient (Wildman–Crippen LogP) is 3.74. The fraction of sp³-hybridized carbons (Fsp3) is 0.0667. The van der Waals surface area contributed by atoms with E-state index in [-0.39, 0.29) is 0 Å². The van der Waals surface area contributed by atoms with Crippen LogP contribution < -0.4 is 0 Å². The highest BCUT2D eigenvalue weighted by Crippen LogP contribution is 2.38. The number of hydrogen-bond donors (Lipinski definition) is 1. The molecule has 0 aliphatic carbocycles. The molecule has 0 unspecified atom stereocenters. The molecule has 1 aliphatic rings. The van der Waals surface area contributed by atoms with Gasteiger partial charge in [-0.1, -0.05) is 48.5 Å². The molecule has 76 valence electrons. The summed E-state index contributed by atoms with van der Waals surface area (Å²) < 4.78 is 0. The van der Waals surface area contributed by atoms with Crippen molar-refractivity contribution in [1.29, 1.82) is 0 Å². The lowest BCUT2D eigenvalue weighted by atomic mass is 10.00. The van der Waals surface area contributed by atoms with Crippen LogP contribution in [-0.2, 0) is 6.42 Å². The van der Waals surface area contributed by atoms with Crippen LogP contribution >= 0.6 is 0 Å². The van der Waals surface area contributed by atoms with Gasteiger partial charge >= 0.3 is 0 Å². The van der Waals surface area contributed by atoms with E-state index < -0.39 is 0 Å². The molecule has 1 N–H and O–H groups in total. The zero-order valence-electron chi connectivity index (χ0n) is 8.83. The van der Waals surface area contributed by atoms with Crippen LogP contribution in [0.2, 0.25) is 0 Å². The highest BCUT2D eigenvalue weighted by atomic mass is 14.7. The Hall–Kier alpha value is -2.02. The van der Waals surface area contributed by atoms with E-state index in [0.717, 1.165) is 6.42 Å². The molecule has 1 heteroatoms. The van der Waals surface area contributed by atoms with Gasteiger partial charge in [0.25, 0.3) is 0 Å². The summed E-state index contributed by atoms with van der Waals surface area (Å²) >= 11 is 0. The molecule has 2 aromatic carbocycles. The Labute approximate surface area is 93.7 Å². The molecule has 2 heterocycles. The molecule has 1 nitrogen and oxygen atoms in total. The first kappa shape index (κ1) is 8.17. The van der Waals surface area contributed by atoms with E-state index in [2.05, 4.69) is 53.5 Å². The number of aromatic amines is 1. The van der Waals surface area contributed by atoms with Gasteiger partial charge in [-0.3, -0.25) is 0 Å². The van der Waals surface area contributed by atoms with Gasteiger partial charge in [0.05, 0.1) is 5.69 Å². The van der Waals surface area contributed by atoms with Crippen molar-refractivity contribution in [3.05, 3.63) is 59.8 Å². The second-order valence-corrected chi connectivity index (χ2v) is 4.36. The number of hydrogen-bond acceptors (Lipinski definition) is 0. The van der Waals surface area contributed by atoms with Crippen LogP contribution in [0.3, 0.4) is 0 Å². The van der Waals surface area contributed by atoms with E-state index in [1.165, 1.54) is 33.3 Å². The van der Waals surface area contributed by atoms with Crippen LogP contribution in [-0.4, -0.2) is 4.98 Å². The van der Waals surface area contributed by atoms with Gasteiger partial charge in [-0.2, -0.15) is 0 Å². The van der Waals surface area contributed by atoms with Crippen molar-refractivity contribution in [2.75, 3.05) is 0 Å². The Morgan fingerprint density at radius 3 is 2.50 bits per heavy atom. The molecule has 0 saturated heterocycles. The lowest BCUT2D eigenvalue weighted by Crippen LogP contribution is -1.97. The molecule has 3 aromatic rings. The highest BCUT2D eigenvalue weighted by Gasteiger charge is 2.19. The number of nitrogens with one attached hydrogen (secondary N) is 1. The molecular formula is C15H11N.